The summed E-state index contributed by atoms with van der Waals surface area (Å²) in [5.41, 5.74) is 7.06. The molecule has 0 saturated heterocycles. The number of ether oxygens (including phenoxy) is 1. The second-order valence-corrected chi connectivity index (χ2v) is 3.09. The van der Waals surface area contributed by atoms with Gasteiger partial charge in [-0.1, -0.05) is 0 Å². The zero-order chi connectivity index (χ0) is 11.3. The van der Waals surface area contributed by atoms with E-state index in [0.29, 0.717) is 18.1 Å². The van der Waals surface area contributed by atoms with Crippen molar-refractivity contribution in [2.45, 2.75) is 13.8 Å². The second kappa shape index (κ2) is 5.19. The number of pyridine rings is 1. The predicted octanol–water partition coefficient (Wildman–Crippen LogP) is 0.947. The molecular weight excluding hydrogens is 194 g/mol. The van der Waals surface area contributed by atoms with E-state index in [9.17, 15) is 4.79 Å². The lowest BCUT2D eigenvalue weighted by molar-refractivity contribution is -0.140. The highest BCUT2D eigenvalue weighted by atomic mass is 16.5. The van der Waals surface area contributed by atoms with Gasteiger partial charge in [-0.2, -0.15) is 0 Å². The maximum atomic E-state index is 11.1. The van der Waals surface area contributed by atoms with E-state index in [1.54, 1.807) is 19.2 Å². The molecule has 0 amide bonds. The van der Waals surface area contributed by atoms with Crippen LogP contribution in [0.3, 0.4) is 0 Å². The topological polar surface area (TPSA) is 77.2 Å². The largest absolute Gasteiger partial charge is 0.465 e. The van der Waals surface area contributed by atoms with E-state index >= 15 is 0 Å². The number of anilines is 2. The number of carbonyl (C=O) groups is 1. The van der Waals surface area contributed by atoms with Crippen molar-refractivity contribution in [2.75, 3.05) is 24.2 Å². The number of rotatable bonds is 4. The highest BCUT2D eigenvalue weighted by Gasteiger charge is 2.04. The molecule has 5 nitrogen and oxygen atoms in total. The summed E-state index contributed by atoms with van der Waals surface area (Å²) in [5, 5.41) is 2.88. The van der Waals surface area contributed by atoms with Crippen molar-refractivity contribution >= 4 is 17.5 Å². The Balaban J connectivity index is 2.54. The van der Waals surface area contributed by atoms with Crippen molar-refractivity contribution in [2.24, 2.45) is 0 Å². The molecule has 0 aromatic carbocycles. The summed E-state index contributed by atoms with van der Waals surface area (Å²) in [7, 11) is 0. The minimum absolute atomic E-state index is 0.117. The fraction of sp³-hybridized carbons (Fsp3) is 0.400. The van der Waals surface area contributed by atoms with Crippen molar-refractivity contribution in [3.05, 3.63) is 17.8 Å². The standard InChI is InChI=1S/C10H15N3O2/c1-3-15-9(14)6-13-10-7(2)4-8(11)5-12-10/h4-5H,3,6,11H2,1-2H3,(H,12,13). The van der Waals surface area contributed by atoms with Crippen LogP contribution in [0.1, 0.15) is 12.5 Å². The molecule has 82 valence electrons. The van der Waals surface area contributed by atoms with Gasteiger partial charge in [0.2, 0.25) is 0 Å². The van der Waals surface area contributed by atoms with Gasteiger partial charge in [0.1, 0.15) is 12.4 Å². The van der Waals surface area contributed by atoms with Gasteiger partial charge in [0.15, 0.2) is 0 Å². The van der Waals surface area contributed by atoms with Crippen LogP contribution in [0.25, 0.3) is 0 Å². The Hall–Kier alpha value is -1.78. The summed E-state index contributed by atoms with van der Waals surface area (Å²) < 4.78 is 4.77. The van der Waals surface area contributed by atoms with E-state index in [1.807, 2.05) is 6.92 Å². The molecule has 15 heavy (non-hydrogen) atoms. The third kappa shape index (κ3) is 3.46. The molecule has 0 spiro atoms. The molecule has 0 bridgehead atoms. The molecular formula is C10H15N3O2. The first-order valence-corrected chi connectivity index (χ1v) is 4.75. The number of nitrogen functional groups attached to an aromatic ring is 1. The smallest absolute Gasteiger partial charge is 0.325 e. The van der Waals surface area contributed by atoms with E-state index in [1.165, 1.54) is 0 Å². The van der Waals surface area contributed by atoms with Gasteiger partial charge in [-0.05, 0) is 25.5 Å². The highest BCUT2D eigenvalue weighted by molar-refractivity contribution is 5.74. The normalized spacial score (nSPS) is 9.73. The Kier molecular flexibility index (Phi) is 3.91. The van der Waals surface area contributed by atoms with Crippen molar-refractivity contribution in [3.63, 3.8) is 0 Å². The molecule has 3 N–H and O–H groups in total. The Bertz CT molecular complexity index is 353. The average molecular weight is 209 g/mol. The number of aromatic nitrogens is 1. The average Bonchev–Trinajstić information content (AvgIpc) is 2.17. The fourth-order valence-electron chi connectivity index (χ4n) is 1.15. The fourth-order valence-corrected chi connectivity index (χ4v) is 1.15. The lowest BCUT2D eigenvalue weighted by Crippen LogP contribution is -2.17. The van der Waals surface area contributed by atoms with E-state index in [4.69, 9.17) is 10.5 Å². The Morgan fingerprint density at radius 3 is 3.00 bits per heavy atom. The highest BCUT2D eigenvalue weighted by Crippen LogP contribution is 2.13. The van der Waals surface area contributed by atoms with Gasteiger partial charge in [0, 0.05) is 0 Å². The SMILES string of the molecule is CCOC(=O)CNc1ncc(N)cc1C. The second-order valence-electron chi connectivity index (χ2n) is 3.09. The van der Waals surface area contributed by atoms with Crippen molar-refractivity contribution in [3.8, 4) is 0 Å². The molecule has 0 radical (unpaired) electrons. The Labute approximate surface area is 88.6 Å². The van der Waals surface area contributed by atoms with Gasteiger partial charge in [-0.3, -0.25) is 4.79 Å². The summed E-state index contributed by atoms with van der Waals surface area (Å²) in [4.78, 5) is 15.1. The summed E-state index contributed by atoms with van der Waals surface area (Å²) in [6.45, 7) is 4.14. The zero-order valence-electron chi connectivity index (χ0n) is 8.91. The van der Waals surface area contributed by atoms with Crippen LogP contribution in [0, 0.1) is 6.92 Å². The Morgan fingerprint density at radius 2 is 2.40 bits per heavy atom. The molecule has 1 rings (SSSR count). The van der Waals surface area contributed by atoms with Crippen LogP contribution in [0.5, 0.6) is 0 Å². The van der Waals surface area contributed by atoms with Gasteiger partial charge < -0.3 is 15.8 Å². The minimum Gasteiger partial charge on any atom is -0.465 e. The molecule has 1 aromatic heterocycles. The molecule has 0 unspecified atom stereocenters. The van der Waals surface area contributed by atoms with Gasteiger partial charge in [0.05, 0.1) is 18.5 Å². The number of carbonyl (C=O) groups excluding carboxylic acids is 1. The molecule has 1 heterocycles. The van der Waals surface area contributed by atoms with Crippen LogP contribution in [0.4, 0.5) is 11.5 Å². The van der Waals surface area contributed by atoms with Crippen LogP contribution < -0.4 is 11.1 Å². The summed E-state index contributed by atoms with van der Waals surface area (Å²) in [6, 6.07) is 1.79. The number of hydrogen-bond acceptors (Lipinski definition) is 5. The Morgan fingerprint density at radius 1 is 1.67 bits per heavy atom. The third-order valence-electron chi connectivity index (χ3n) is 1.80. The van der Waals surface area contributed by atoms with Gasteiger partial charge in [0.25, 0.3) is 0 Å². The number of nitrogens with zero attached hydrogens (tertiary/aromatic N) is 1. The third-order valence-corrected chi connectivity index (χ3v) is 1.80. The van der Waals surface area contributed by atoms with Gasteiger partial charge in [-0.25, -0.2) is 4.98 Å². The number of esters is 1. The molecule has 0 aliphatic rings. The van der Waals surface area contributed by atoms with Crippen LogP contribution >= 0.6 is 0 Å². The van der Waals surface area contributed by atoms with Crippen molar-refractivity contribution < 1.29 is 9.53 Å². The van der Waals surface area contributed by atoms with E-state index in [2.05, 4.69) is 10.3 Å². The van der Waals surface area contributed by atoms with Crippen LogP contribution in [-0.2, 0) is 9.53 Å². The van der Waals surface area contributed by atoms with E-state index < -0.39 is 0 Å². The molecule has 5 heteroatoms. The summed E-state index contributed by atoms with van der Waals surface area (Å²) in [5.74, 6) is 0.354. The number of nitrogens with two attached hydrogens (primary N) is 1. The quantitative estimate of drug-likeness (QED) is 0.722. The lowest BCUT2D eigenvalue weighted by Gasteiger charge is -2.08. The molecule has 0 aliphatic carbocycles. The number of hydrogen-bond donors (Lipinski definition) is 2. The van der Waals surface area contributed by atoms with Crippen LogP contribution in [-0.4, -0.2) is 24.1 Å². The maximum absolute atomic E-state index is 11.1. The van der Waals surface area contributed by atoms with Crippen LogP contribution in [0.15, 0.2) is 12.3 Å². The van der Waals surface area contributed by atoms with Crippen LogP contribution in [0.2, 0.25) is 0 Å². The van der Waals surface area contributed by atoms with Crippen molar-refractivity contribution in [1.82, 2.24) is 4.98 Å². The van der Waals surface area contributed by atoms with Crippen molar-refractivity contribution in [1.29, 1.82) is 0 Å². The lowest BCUT2D eigenvalue weighted by atomic mass is 10.2. The van der Waals surface area contributed by atoms with E-state index in [0.717, 1.165) is 5.56 Å². The molecule has 0 saturated carbocycles. The maximum Gasteiger partial charge on any atom is 0.325 e. The molecule has 0 aliphatic heterocycles. The first-order chi connectivity index (χ1) is 7.13. The predicted molar refractivity (Wildman–Crippen MR) is 58.5 cm³/mol. The minimum atomic E-state index is -0.296. The van der Waals surface area contributed by atoms with E-state index in [-0.39, 0.29) is 12.5 Å². The van der Waals surface area contributed by atoms with Gasteiger partial charge >= 0.3 is 5.97 Å². The first-order valence-electron chi connectivity index (χ1n) is 4.75. The summed E-state index contributed by atoms with van der Waals surface area (Å²) in [6.07, 6.45) is 1.54. The molecule has 0 atom stereocenters. The van der Waals surface area contributed by atoms with Gasteiger partial charge in [-0.15, -0.1) is 0 Å². The summed E-state index contributed by atoms with van der Waals surface area (Å²) >= 11 is 0. The zero-order valence-corrected chi connectivity index (χ0v) is 8.91. The number of aryl methyl sites for hydroxylation is 1. The number of nitrogens with one attached hydrogen (secondary N) is 1. The molecule has 1 aromatic rings. The first kappa shape index (κ1) is 11.3. The monoisotopic (exact) mass is 209 g/mol. The molecule has 0 fully saturated rings.